The van der Waals surface area contributed by atoms with Crippen LogP contribution in [0, 0.1) is 0 Å². The van der Waals surface area contributed by atoms with Gasteiger partial charge in [0.2, 0.25) is 0 Å². The summed E-state index contributed by atoms with van der Waals surface area (Å²) in [6.07, 6.45) is 33.0. The van der Waals surface area contributed by atoms with E-state index in [2.05, 4.69) is 36.4 Å². The Hall–Kier alpha value is -0.700. The predicted molar refractivity (Wildman–Crippen MR) is 186 cm³/mol. The van der Waals surface area contributed by atoms with Crippen molar-refractivity contribution in [3.05, 3.63) is 58.7 Å². The molecule has 2 bridgehead atoms. The second kappa shape index (κ2) is 13.0. The molecule has 9 rings (SSSR count). The number of benzene rings is 2. The van der Waals surface area contributed by atoms with E-state index in [4.69, 9.17) is 0 Å². The van der Waals surface area contributed by atoms with Crippen molar-refractivity contribution in [3.8, 4) is 0 Å². The van der Waals surface area contributed by atoms with Crippen molar-refractivity contribution in [3.63, 3.8) is 0 Å². The molecule has 2 aromatic rings. The molecule has 42 heavy (non-hydrogen) atoms. The molecule has 4 saturated carbocycles. The molecule has 0 aliphatic heterocycles. The van der Waals surface area contributed by atoms with Gasteiger partial charge in [0.05, 0.1) is 0 Å². The van der Waals surface area contributed by atoms with Gasteiger partial charge in [-0.05, 0) is 120 Å². The quantitative estimate of drug-likeness (QED) is 0.290. The van der Waals surface area contributed by atoms with Crippen molar-refractivity contribution in [2.45, 2.75) is 176 Å². The number of hydrogen-bond acceptors (Lipinski definition) is 0. The lowest BCUT2D eigenvalue weighted by molar-refractivity contribution is 0.485. The van der Waals surface area contributed by atoms with E-state index in [0.717, 1.165) is 22.6 Å². The highest BCUT2D eigenvalue weighted by molar-refractivity contribution is 7.67. The van der Waals surface area contributed by atoms with Gasteiger partial charge < -0.3 is 0 Å². The largest absolute Gasteiger partial charge is 0.0686 e. The maximum Gasteiger partial charge on any atom is 0.0108 e. The van der Waals surface area contributed by atoms with Gasteiger partial charge in [-0.1, -0.05) is 129 Å². The summed E-state index contributed by atoms with van der Waals surface area (Å²) in [5.41, 5.74) is 11.4. The molecule has 0 saturated heterocycles. The van der Waals surface area contributed by atoms with Crippen molar-refractivity contribution >= 4 is 26.5 Å². The van der Waals surface area contributed by atoms with E-state index in [1.807, 2.05) is 21.7 Å². The van der Waals surface area contributed by atoms with Gasteiger partial charge in [0.15, 0.2) is 0 Å². The van der Waals surface area contributed by atoms with Crippen LogP contribution < -0.4 is 10.6 Å². The van der Waals surface area contributed by atoms with E-state index in [-0.39, 0.29) is 15.8 Å². The summed E-state index contributed by atoms with van der Waals surface area (Å²) in [5, 5.41) is 3.85. The summed E-state index contributed by atoms with van der Waals surface area (Å²) < 4.78 is 0. The van der Waals surface area contributed by atoms with Crippen LogP contribution in [-0.4, -0.2) is 22.6 Å². The molecule has 0 spiro atoms. The molecule has 0 nitrogen and oxygen atoms in total. The smallest absolute Gasteiger partial charge is 0.0108 e. The van der Waals surface area contributed by atoms with Crippen LogP contribution in [0.15, 0.2) is 36.4 Å². The summed E-state index contributed by atoms with van der Waals surface area (Å²) in [6.45, 7) is 0. The summed E-state index contributed by atoms with van der Waals surface area (Å²) >= 11 is 0. The molecular formula is C40H56P2. The van der Waals surface area contributed by atoms with Crippen LogP contribution in [0.5, 0.6) is 0 Å². The molecule has 0 heterocycles. The molecule has 226 valence electrons. The van der Waals surface area contributed by atoms with Crippen molar-refractivity contribution in [1.29, 1.82) is 0 Å². The highest BCUT2D eigenvalue weighted by atomic mass is 31.1. The fourth-order valence-electron chi connectivity index (χ4n) is 11.0. The Morgan fingerprint density at radius 1 is 0.357 bits per heavy atom. The third-order valence-corrected chi connectivity index (χ3v) is 20.0. The van der Waals surface area contributed by atoms with Crippen molar-refractivity contribution in [2.75, 3.05) is 0 Å². The number of hydrogen-bond donors (Lipinski definition) is 0. The molecule has 0 amide bonds. The van der Waals surface area contributed by atoms with E-state index < -0.39 is 0 Å². The molecular weight excluding hydrogens is 542 g/mol. The summed E-state index contributed by atoms with van der Waals surface area (Å²) in [6, 6.07) is 15.7. The first-order valence-electron chi connectivity index (χ1n) is 18.7. The SMILES string of the molecule is c1cc2c(c(P(C3CCCCC3)C3CCCCC3)c1)C1CCC2c2cccc(P(C3CCCCC3)C3CCCCC3)c21. The first kappa shape index (κ1) is 28.8. The highest BCUT2D eigenvalue weighted by Gasteiger charge is 2.45. The fourth-order valence-corrected chi connectivity index (χ4v) is 19.1. The van der Waals surface area contributed by atoms with Gasteiger partial charge in [0, 0.05) is 11.8 Å². The lowest BCUT2D eigenvalue weighted by Gasteiger charge is -2.48. The molecule has 0 aromatic heterocycles. The zero-order valence-corrected chi connectivity index (χ0v) is 28.2. The molecule has 2 heteroatoms. The van der Waals surface area contributed by atoms with Gasteiger partial charge in [-0.3, -0.25) is 0 Å². The third-order valence-electron chi connectivity index (χ3n) is 12.9. The summed E-state index contributed by atoms with van der Waals surface area (Å²) in [7, 11) is -0.104. The molecule has 4 fully saturated rings. The lowest BCUT2D eigenvalue weighted by atomic mass is 9.64. The summed E-state index contributed by atoms with van der Waals surface area (Å²) in [5.74, 6) is 1.37. The minimum absolute atomic E-state index is 0.0518. The zero-order chi connectivity index (χ0) is 27.9. The minimum Gasteiger partial charge on any atom is -0.0686 e. The molecule has 7 aliphatic carbocycles. The Labute approximate surface area is 260 Å². The van der Waals surface area contributed by atoms with E-state index in [9.17, 15) is 0 Å². The van der Waals surface area contributed by atoms with E-state index in [1.54, 1.807) is 11.1 Å². The molecule has 0 unspecified atom stereocenters. The third kappa shape index (κ3) is 5.30. The van der Waals surface area contributed by atoms with Gasteiger partial charge in [0.25, 0.3) is 0 Å². The molecule has 0 radical (unpaired) electrons. The van der Waals surface area contributed by atoms with Gasteiger partial charge in [-0.15, -0.1) is 0 Å². The normalized spacial score (nSPS) is 27.9. The fraction of sp³-hybridized carbons (Fsp3) is 0.700. The zero-order valence-electron chi connectivity index (χ0n) is 26.4. The Morgan fingerprint density at radius 2 is 0.690 bits per heavy atom. The molecule has 2 aromatic carbocycles. The second-order valence-electron chi connectivity index (χ2n) is 15.2. The van der Waals surface area contributed by atoms with E-state index in [0.29, 0.717) is 11.8 Å². The van der Waals surface area contributed by atoms with E-state index in [1.165, 1.54) is 141 Å². The lowest BCUT2D eigenvalue weighted by Crippen LogP contribution is -2.37. The van der Waals surface area contributed by atoms with Gasteiger partial charge in [0.1, 0.15) is 0 Å². The maximum absolute atomic E-state index is 2.71. The Bertz CT molecular complexity index is 1080. The van der Waals surface area contributed by atoms with Crippen LogP contribution in [0.2, 0.25) is 0 Å². The van der Waals surface area contributed by atoms with Crippen LogP contribution in [0.4, 0.5) is 0 Å². The van der Waals surface area contributed by atoms with E-state index >= 15 is 0 Å². The van der Waals surface area contributed by atoms with Gasteiger partial charge in [-0.2, -0.15) is 0 Å². The second-order valence-corrected chi connectivity index (χ2v) is 20.7. The highest BCUT2D eigenvalue weighted by Crippen LogP contribution is 2.62. The van der Waals surface area contributed by atoms with Gasteiger partial charge in [-0.25, -0.2) is 0 Å². The van der Waals surface area contributed by atoms with Crippen LogP contribution in [0.3, 0.4) is 0 Å². The summed E-state index contributed by atoms with van der Waals surface area (Å²) in [4.78, 5) is 0. The Kier molecular flexibility index (Phi) is 8.87. The first-order chi connectivity index (χ1) is 20.9. The Balaban J connectivity index is 1.24. The standard InChI is InChI=1S/C40H56P2/c1-5-15-29(16-6-1)41(30-17-7-2-8-18-30)37-25-13-23-34-33-27-28-36(39(34)37)40-35(33)24-14-26-38(40)42(31-19-9-3-10-20-31)32-21-11-4-12-22-32/h13-14,23-26,29-33,36H,1-12,15-22,27-28H2. The minimum atomic E-state index is -0.0518. The van der Waals surface area contributed by atoms with Crippen LogP contribution >= 0.6 is 15.8 Å². The van der Waals surface area contributed by atoms with Crippen LogP contribution in [-0.2, 0) is 0 Å². The molecule has 0 atom stereocenters. The average molecular weight is 599 g/mol. The van der Waals surface area contributed by atoms with Gasteiger partial charge >= 0.3 is 0 Å². The first-order valence-corrected chi connectivity index (χ1v) is 21.7. The number of fused-ring (bicyclic) bond motifs is 1. The van der Waals surface area contributed by atoms with Crippen molar-refractivity contribution < 1.29 is 0 Å². The van der Waals surface area contributed by atoms with Crippen molar-refractivity contribution in [1.82, 2.24) is 0 Å². The van der Waals surface area contributed by atoms with Crippen molar-refractivity contribution in [2.24, 2.45) is 0 Å². The molecule has 7 aliphatic rings. The molecule has 0 N–H and O–H groups in total. The monoisotopic (exact) mass is 598 g/mol. The van der Waals surface area contributed by atoms with Crippen LogP contribution in [0.25, 0.3) is 0 Å². The maximum atomic E-state index is 2.71. The van der Waals surface area contributed by atoms with Crippen LogP contribution in [0.1, 0.15) is 175 Å². The Morgan fingerprint density at radius 3 is 1.05 bits per heavy atom. The predicted octanol–water partition coefficient (Wildman–Crippen LogP) is 11.6. The number of rotatable bonds is 6. The average Bonchev–Trinajstić information content (AvgIpc) is 3.07. The topological polar surface area (TPSA) is 0 Å².